The lowest BCUT2D eigenvalue weighted by Gasteiger charge is -2.16. The number of nitrogens with one attached hydrogen (secondary N) is 2. The fourth-order valence-corrected chi connectivity index (χ4v) is 2.58. The molecular weight excluding hydrogens is 390 g/mol. The van der Waals surface area contributed by atoms with Gasteiger partial charge in [-0.1, -0.05) is 42.5 Å². The van der Waals surface area contributed by atoms with E-state index < -0.39 is 36.5 Å². The number of primary amides is 1. The molecule has 0 spiro atoms. The minimum atomic E-state index is -0.902. The molecule has 0 fully saturated rings. The minimum Gasteiger partial charge on any atom is -0.467 e. The number of benzene rings is 2. The smallest absolute Gasteiger partial charge is 0.338 e. The van der Waals surface area contributed by atoms with Crippen molar-refractivity contribution < 1.29 is 28.7 Å². The minimum absolute atomic E-state index is 0.226. The lowest BCUT2D eigenvalue weighted by molar-refractivity contribution is -0.145. The number of carbonyl (C=O) groups is 4. The van der Waals surface area contributed by atoms with Crippen LogP contribution in [0.5, 0.6) is 0 Å². The van der Waals surface area contributed by atoms with Gasteiger partial charge in [-0.2, -0.15) is 0 Å². The van der Waals surface area contributed by atoms with Crippen LogP contribution in [0.3, 0.4) is 0 Å². The summed E-state index contributed by atoms with van der Waals surface area (Å²) in [4.78, 5) is 46.9. The molecule has 0 radical (unpaired) electrons. The second-order valence-electron chi connectivity index (χ2n) is 6.32. The van der Waals surface area contributed by atoms with Crippen LogP contribution >= 0.6 is 0 Å². The Balaban J connectivity index is 1.87. The summed E-state index contributed by atoms with van der Waals surface area (Å²) in [7, 11) is 1.23. The molecule has 0 aliphatic rings. The van der Waals surface area contributed by atoms with Crippen LogP contribution in [0.2, 0.25) is 0 Å². The van der Waals surface area contributed by atoms with Crippen molar-refractivity contribution in [1.29, 1.82) is 0 Å². The molecule has 0 saturated carbocycles. The summed E-state index contributed by atoms with van der Waals surface area (Å²) in [6.07, 6.45) is 0.244. The number of hydrogen-bond acceptors (Lipinski definition) is 6. The van der Waals surface area contributed by atoms with E-state index >= 15 is 0 Å². The van der Waals surface area contributed by atoms with Crippen LogP contribution in [0.15, 0.2) is 54.6 Å². The lowest BCUT2D eigenvalue weighted by atomic mass is 10.1. The van der Waals surface area contributed by atoms with Crippen molar-refractivity contribution >= 4 is 23.9 Å². The fraction of sp³-hybridized carbons (Fsp3) is 0.238. The van der Waals surface area contributed by atoms with E-state index in [4.69, 9.17) is 15.2 Å². The van der Waals surface area contributed by atoms with E-state index in [1.165, 1.54) is 19.2 Å². The number of carbonyl (C=O) groups excluding carboxylic acids is 4. The number of rotatable bonds is 9. The van der Waals surface area contributed by atoms with Crippen molar-refractivity contribution in [3.05, 3.63) is 71.3 Å². The first-order chi connectivity index (χ1) is 14.4. The highest BCUT2D eigenvalue weighted by Crippen LogP contribution is 2.07. The van der Waals surface area contributed by atoms with Gasteiger partial charge in [0.1, 0.15) is 6.04 Å². The van der Waals surface area contributed by atoms with Crippen molar-refractivity contribution in [2.75, 3.05) is 13.7 Å². The van der Waals surface area contributed by atoms with E-state index in [2.05, 4.69) is 10.6 Å². The Morgan fingerprint density at radius 1 is 0.967 bits per heavy atom. The topological polar surface area (TPSA) is 137 Å². The van der Waals surface area contributed by atoms with Gasteiger partial charge in [0.15, 0.2) is 6.61 Å². The maximum absolute atomic E-state index is 12.2. The Hall–Kier alpha value is -3.88. The van der Waals surface area contributed by atoms with Crippen LogP contribution < -0.4 is 16.4 Å². The summed E-state index contributed by atoms with van der Waals surface area (Å²) in [6.45, 7) is -0.324. The molecule has 0 aromatic heterocycles. The second kappa shape index (κ2) is 11.2. The van der Waals surface area contributed by atoms with Gasteiger partial charge < -0.3 is 25.8 Å². The highest BCUT2D eigenvalue weighted by molar-refractivity contribution is 5.92. The van der Waals surface area contributed by atoms with Crippen LogP contribution in [0, 0.1) is 0 Å². The maximum atomic E-state index is 12.2. The fourth-order valence-electron chi connectivity index (χ4n) is 2.58. The van der Waals surface area contributed by atoms with Gasteiger partial charge >= 0.3 is 18.0 Å². The number of amides is 3. The van der Waals surface area contributed by atoms with Gasteiger partial charge in [-0.15, -0.1) is 0 Å². The summed E-state index contributed by atoms with van der Waals surface area (Å²) in [5.74, 6) is -1.92. The summed E-state index contributed by atoms with van der Waals surface area (Å²) < 4.78 is 9.73. The summed E-state index contributed by atoms with van der Waals surface area (Å²) in [5, 5.41) is 4.95. The van der Waals surface area contributed by atoms with Gasteiger partial charge in [0.25, 0.3) is 5.91 Å². The number of urea groups is 1. The van der Waals surface area contributed by atoms with E-state index in [9.17, 15) is 19.2 Å². The molecule has 0 bridgehead atoms. The summed E-state index contributed by atoms with van der Waals surface area (Å²) >= 11 is 0. The first-order valence-electron chi connectivity index (χ1n) is 9.09. The van der Waals surface area contributed by atoms with Crippen LogP contribution in [0.1, 0.15) is 21.5 Å². The molecule has 158 valence electrons. The monoisotopic (exact) mass is 413 g/mol. The Morgan fingerprint density at radius 3 is 2.23 bits per heavy atom. The molecule has 2 aromatic carbocycles. The van der Waals surface area contributed by atoms with Crippen molar-refractivity contribution in [2.45, 2.75) is 19.0 Å². The SMILES string of the molecule is COC(=O)C(Cc1ccccc1)NC(=O)COC(=O)c1ccc(CNC(N)=O)cc1. The molecule has 4 N–H and O–H groups in total. The quantitative estimate of drug-likeness (QED) is 0.523. The van der Waals surface area contributed by atoms with Crippen LogP contribution in [-0.4, -0.2) is 43.6 Å². The summed E-state index contributed by atoms with van der Waals surface area (Å²) in [6, 6.07) is 13.8. The molecule has 2 aromatic rings. The zero-order chi connectivity index (χ0) is 21.9. The highest BCUT2D eigenvalue weighted by atomic mass is 16.5. The number of esters is 2. The average Bonchev–Trinajstić information content (AvgIpc) is 2.76. The Bertz CT molecular complexity index is 883. The molecule has 0 aliphatic carbocycles. The molecule has 0 saturated heterocycles. The molecule has 3 amide bonds. The predicted molar refractivity (Wildman–Crippen MR) is 107 cm³/mol. The first kappa shape index (κ1) is 22.4. The van der Waals surface area contributed by atoms with E-state index in [1.807, 2.05) is 30.3 Å². The third-order valence-electron chi connectivity index (χ3n) is 4.09. The van der Waals surface area contributed by atoms with Gasteiger partial charge in [0, 0.05) is 13.0 Å². The standard InChI is InChI=1S/C21H23N3O6/c1-29-20(27)17(11-14-5-3-2-4-6-14)24-18(25)13-30-19(26)16-9-7-15(8-10-16)12-23-21(22)28/h2-10,17H,11-13H2,1H3,(H,24,25)(H3,22,23,28). The molecular formula is C21H23N3O6. The van der Waals surface area contributed by atoms with Gasteiger partial charge in [-0.3, -0.25) is 4.79 Å². The normalized spacial score (nSPS) is 11.1. The van der Waals surface area contributed by atoms with Gasteiger partial charge in [0.2, 0.25) is 0 Å². The molecule has 9 heteroatoms. The average molecular weight is 413 g/mol. The Labute approximate surface area is 173 Å². The van der Waals surface area contributed by atoms with E-state index in [0.29, 0.717) is 0 Å². The molecule has 30 heavy (non-hydrogen) atoms. The Morgan fingerprint density at radius 2 is 1.63 bits per heavy atom. The number of ether oxygens (including phenoxy) is 2. The van der Waals surface area contributed by atoms with Gasteiger partial charge in [-0.05, 0) is 23.3 Å². The van der Waals surface area contributed by atoms with E-state index in [0.717, 1.165) is 11.1 Å². The third kappa shape index (κ3) is 7.27. The van der Waals surface area contributed by atoms with Gasteiger partial charge in [-0.25, -0.2) is 14.4 Å². The van der Waals surface area contributed by atoms with Crippen molar-refractivity contribution in [1.82, 2.24) is 10.6 Å². The zero-order valence-electron chi connectivity index (χ0n) is 16.4. The first-order valence-corrected chi connectivity index (χ1v) is 9.09. The summed E-state index contributed by atoms with van der Waals surface area (Å²) in [5.41, 5.74) is 6.82. The maximum Gasteiger partial charge on any atom is 0.338 e. The molecule has 9 nitrogen and oxygen atoms in total. The number of hydrogen-bond donors (Lipinski definition) is 3. The predicted octanol–water partition coefficient (Wildman–Crippen LogP) is 0.912. The van der Waals surface area contributed by atoms with Crippen molar-refractivity contribution in [2.24, 2.45) is 5.73 Å². The van der Waals surface area contributed by atoms with Crippen LogP contribution in [0.25, 0.3) is 0 Å². The second-order valence-corrected chi connectivity index (χ2v) is 6.32. The van der Waals surface area contributed by atoms with E-state index in [-0.39, 0.29) is 18.5 Å². The number of nitrogens with two attached hydrogens (primary N) is 1. The molecule has 0 aliphatic heterocycles. The highest BCUT2D eigenvalue weighted by Gasteiger charge is 2.22. The van der Waals surface area contributed by atoms with E-state index in [1.54, 1.807) is 12.1 Å². The van der Waals surface area contributed by atoms with Crippen molar-refractivity contribution in [3.8, 4) is 0 Å². The molecule has 0 heterocycles. The number of methoxy groups -OCH3 is 1. The third-order valence-corrected chi connectivity index (χ3v) is 4.09. The van der Waals surface area contributed by atoms with Gasteiger partial charge in [0.05, 0.1) is 12.7 Å². The molecule has 2 rings (SSSR count). The van der Waals surface area contributed by atoms with Crippen molar-refractivity contribution in [3.63, 3.8) is 0 Å². The zero-order valence-corrected chi connectivity index (χ0v) is 16.4. The Kier molecular flexibility index (Phi) is 8.37. The molecule has 1 unspecified atom stereocenters. The lowest BCUT2D eigenvalue weighted by Crippen LogP contribution is -2.44. The largest absolute Gasteiger partial charge is 0.467 e. The van der Waals surface area contributed by atoms with Crippen LogP contribution in [0.4, 0.5) is 4.79 Å². The molecule has 1 atom stereocenters. The van der Waals surface area contributed by atoms with Crippen LogP contribution in [-0.2, 0) is 32.0 Å².